The van der Waals surface area contributed by atoms with Gasteiger partial charge in [-0.15, -0.1) is 0 Å². The Kier molecular flexibility index (Phi) is 2.34. The van der Waals surface area contributed by atoms with E-state index in [0.717, 1.165) is 12.5 Å². The third-order valence-electron chi connectivity index (χ3n) is 1.37. The first-order chi connectivity index (χ1) is 3.93. The van der Waals surface area contributed by atoms with Crippen molar-refractivity contribution in [1.82, 2.24) is 5.32 Å². The average molecular weight is 112 g/mol. The molecule has 0 heterocycles. The first-order valence-corrected chi connectivity index (χ1v) is 3.50. The van der Waals surface area contributed by atoms with Gasteiger partial charge >= 0.3 is 0 Å². The normalized spacial score (nSPS) is 19.1. The van der Waals surface area contributed by atoms with Crippen molar-refractivity contribution in [1.29, 1.82) is 0 Å². The van der Waals surface area contributed by atoms with Crippen LogP contribution in [0.5, 0.6) is 0 Å². The quantitative estimate of drug-likeness (QED) is 0.544. The van der Waals surface area contributed by atoms with Crippen LogP contribution in [0.2, 0.25) is 0 Å². The van der Waals surface area contributed by atoms with E-state index in [9.17, 15) is 0 Å². The van der Waals surface area contributed by atoms with E-state index in [1.807, 2.05) is 0 Å². The van der Waals surface area contributed by atoms with Crippen molar-refractivity contribution < 1.29 is 0 Å². The van der Waals surface area contributed by atoms with Gasteiger partial charge in [-0.25, -0.2) is 0 Å². The van der Waals surface area contributed by atoms with Gasteiger partial charge in [0.15, 0.2) is 0 Å². The van der Waals surface area contributed by atoms with Crippen molar-refractivity contribution in [2.45, 2.75) is 26.2 Å². The van der Waals surface area contributed by atoms with Gasteiger partial charge in [0.05, 0.1) is 0 Å². The van der Waals surface area contributed by atoms with E-state index in [1.54, 1.807) is 0 Å². The summed E-state index contributed by atoms with van der Waals surface area (Å²) in [7, 11) is 0. The SMILES string of the molecule is CCCN[CH]C1CC1. The van der Waals surface area contributed by atoms with Crippen molar-refractivity contribution >= 4 is 0 Å². The van der Waals surface area contributed by atoms with Gasteiger partial charge in [-0.05, 0) is 31.7 Å². The highest BCUT2D eigenvalue weighted by atomic mass is 14.9. The zero-order chi connectivity index (χ0) is 5.82. The minimum absolute atomic E-state index is 0.918. The fourth-order valence-corrected chi connectivity index (χ4v) is 0.657. The Morgan fingerprint density at radius 3 is 2.88 bits per heavy atom. The maximum absolute atomic E-state index is 3.27. The van der Waals surface area contributed by atoms with E-state index in [2.05, 4.69) is 18.8 Å². The number of nitrogens with one attached hydrogen (secondary N) is 1. The summed E-state index contributed by atoms with van der Waals surface area (Å²) >= 11 is 0. The van der Waals surface area contributed by atoms with Crippen LogP contribution in [0.3, 0.4) is 0 Å². The Hall–Kier alpha value is -0.0400. The molecule has 0 amide bonds. The van der Waals surface area contributed by atoms with E-state index in [0.29, 0.717) is 0 Å². The second kappa shape index (κ2) is 3.08. The molecular weight excluding hydrogens is 98.1 g/mol. The smallest absolute Gasteiger partial charge is 0.0252 e. The molecule has 0 aromatic rings. The first kappa shape index (κ1) is 6.09. The van der Waals surface area contributed by atoms with Gasteiger partial charge in [0.1, 0.15) is 0 Å². The molecule has 47 valence electrons. The lowest BCUT2D eigenvalue weighted by Crippen LogP contribution is -2.11. The number of hydrogen-bond donors (Lipinski definition) is 1. The maximum Gasteiger partial charge on any atom is 0.0252 e. The van der Waals surface area contributed by atoms with Gasteiger partial charge < -0.3 is 5.32 Å². The van der Waals surface area contributed by atoms with Crippen molar-refractivity contribution in [2.75, 3.05) is 6.54 Å². The highest BCUT2D eigenvalue weighted by molar-refractivity contribution is 4.84. The average Bonchev–Trinajstić information content (AvgIpc) is 2.51. The van der Waals surface area contributed by atoms with Crippen molar-refractivity contribution in [3.8, 4) is 0 Å². The molecule has 0 spiro atoms. The van der Waals surface area contributed by atoms with Crippen LogP contribution in [-0.4, -0.2) is 6.54 Å². The van der Waals surface area contributed by atoms with E-state index >= 15 is 0 Å². The van der Waals surface area contributed by atoms with Crippen LogP contribution in [-0.2, 0) is 0 Å². The van der Waals surface area contributed by atoms with Crippen molar-refractivity contribution in [3.05, 3.63) is 6.54 Å². The zero-order valence-electron chi connectivity index (χ0n) is 5.48. The second-order valence-electron chi connectivity index (χ2n) is 2.46. The third kappa shape index (κ3) is 2.31. The third-order valence-corrected chi connectivity index (χ3v) is 1.37. The molecule has 0 unspecified atom stereocenters. The highest BCUT2D eigenvalue weighted by Crippen LogP contribution is 2.29. The summed E-state index contributed by atoms with van der Waals surface area (Å²) in [5.74, 6) is 0.918. The molecule has 0 saturated heterocycles. The predicted molar refractivity (Wildman–Crippen MR) is 35.3 cm³/mol. The molecule has 1 radical (unpaired) electrons. The van der Waals surface area contributed by atoms with E-state index in [4.69, 9.17) is 0 Å². The molecule has 1 nitrogen and oxygen atoms in total. The molecule has 0 aromatic heterocycles. The van der Waals surface area contributed by atoms with Gasteiger partial charge in [0.25, 0.3) is 0 Å². The van der Waals surface area contributed by atoms with Crippen molar-refractivity contribution in [2.24, 2.45) is 5.92 Å². The molecule has 1 heteroatoms. The topological polar surface area (TPSA) is 12.0 Å². The Balaban J connectivity index is 1.74. The zero-order valence-corrected chi connectivity index (χ0v) is 5.48. The lowest BCUT2D eigenvalue weighted by Gasteiger charge is -1.96. The predicted octanol–water partition coefficient (Wildman–Crippen LogP) is 1.56. The van der Waals surface area contributed by atoms with Crippen LogP contribution >= 0.6 is 0 Å². The van der Waals surface area contributed by atoms with Crippen LogP contribution in [0.25, 0.3) is 0 Å². The Bertz CT molecular complexity index is 57.4. The molecule has 1 N–H and O–H groups in total. The summed E-state index contributed by atoms with van der Waals surface area (Å²) in [5, 5.41) is 3.27. The Morgan fingerprint density at radius 2 is 2.38 bits per heavy atom. The van der Waals surface area contributed by atoms with Crippen LogP contribution in [0, 0.1) is 12.5 Å². The molecule has 1 fully saturated rings. The van der Waals surface area contributed by atoms with Gasteiger partial charge in [-0.3, -0.25) is 0 Å². The molecule has 8 heavy (non-hydrogen) atoms. The molecule has 0 aliphatic heterocycles. The standard InChI is InChI=1S/C7H14N/c1-2-5-8-6-7-3-4-7/h6-8H,2-5H2,1H3. The van der Waals surface area contributed by atoms with Gasteiger partial charge in [-0.2, -0.15) is 0 Å². The molecule has 1 aliphatic carbocycles. The van der Waals surface area contributed by atoms with Gasteiger partial charge in [-0.1, -0.05) is 6.92 Å². The molecule has 1 saturated carbocycles. The van der Waals surface area contributed by atoms with Crippen molar-refractivity contribution in [3.63, 3.8) is 0 Å². The fraction of sp³-hybridized carbons (Fsp3) is 0.857. The van der Waals surface area contributed by atoms with E-state index < -0.39 is 0 Å². The summed E-state index contributed by atoms with van der Waals surface area (Å²) in [5.41, 5.74) is 0. The monoisotopic (exact) mass is 112 g/mol. The Morgan fingerprint density at radius 1 is 1.62 bits per heavy atom. The summed E-state index contributed by atoms with van der Waals surface area (Å²) in [6, 6.07) is 0. The lowest BCUT2D eigenvalue weighted by atomic mass is 10.4. The summed E-state index contributed by atoms with van der Waals surface area (Å²) < 4.78 is 0. The number of rotatable bonds is 4. The minimum atomic E-state index is 0.918. The molecule has 0 aromatic carbocycles. The summed E-state index contributed by atoms with van der Waals surface area (Å²) in [6.07, 6.45) is 4.07. The minimum Gasteiger partial charge on any atom is -0.312 e. The molecule has 0 atom stereocenters. The van der Waals surface area contributed by atoms with Crippen LogP contribution in [0.1, 0.15) is 26.2 Å². The van der Waals surface area contributed by atoms with Crippen LogP contribution in [0.15, 0.2) is 0 Å². The molecule has 1 rings (SSSR count). The summed E-state index contributed by atoms with van der Waals surface area (Å²) in [6.45, 7) is 5.58. The largest absolute Gasteiger partial charge is 0.312 e. The highest BCUT2D eigenvalue weighted by Gasteiger charge is 2.20. The van der Waals surface area contributed by atoms with Gasteiger partial charge in [0, 0.05) is 6.54 Å². The second-order valence-corrected chi connectivity index (χ2v) is 2.46. The fourth-order valence-electron chi connectivity index (χ4n) is 0.657. The molecular formula is C7H14N. The van der Waals surface area contributed by atoms with E-state index in [1.165, 1.54) is 19.3 Å². The first-order valence-electron chi connectivity index (χ1n) is 3.50. The molecule has 1 aliphatic rings. The van der Waals surface area contributed by atoms with Crippen LogP contribution in [0.4, 0.5) is 0 Å². The molecule has 0 bridgehead atoms. The van der Waals surface area contributed by atoms with E-state index in [-0.39, 0.29) is 0 Å². The van der Waals surface area contributed by atoms with Gasteiger partial charge in [0.2, 0.25) is 0 Å². The summed E-state index contributed by atoms with van der Waals surface area (Å²) in [4.78, 5) is 0. The lowest BCUT2D eigenvalue weighted by molar-refractivity contribution is 0.712. The number of hydrogen-bond acceptors (Lipinski definition) is 1. The Labute approximate surface area is 51.5 Å². The maximum atomic E-state index is 3.27. The van der Waals surface area contributed by atoms with Crippen LogP contribution < -0.4 is 5.32 Å².